The van der Waals surface area contributed by atoms with E-state index < -0.39 is 0 Å². The first-order chi connectivity index (χ1) is 11.3. The summed E-state index contributed by atoms with van der Waals surface area (Å²) in [5.74, 6) is 1.34. The molecule has 2 aromatic carbocycles. The van der Waals surface area contributed by atoms with Crippen LogP contribution in [0.2, 0.25) is 0 Å². The molecule has 0 aromatic heterocycles. The first-order valence-electron chi connectivity index (χ1n) is 7.48. The average Bonchev–Trinajstić information content (AvgIpc) is 3.11. The molecule has 23 heavy (non-hydrogen) atoms. The van der Waals surface area contributed by atoms with Gasteiger partial charge in [0.25, 0.3) is 0 Å². The van der Waals surface area contributed by atoms with Gasteiger partial charge < -0.3 is 9.47 Å². The summed E-state index contributed by atoms with van der Waals surface area (Å²) in [4.78, 5) is 12.2. The summed E-state index contributed by atoms with van der Waals surface area (Å²) in [6.45, 7) is 0.315. The van der Waals surface area contributed by atoms with Crippen molar-refractivity contribution in [3.05, 3.63) is 65.7 Å². The average molecular weight is 329 g/mol. The number of benzene rings is 2. The second-order valence-electron chi connectivity index (χ2n) is 5.30. The molecular formula is C18H19NO3S. The third kappa shape index (κ3) is 4.06. The third-order valence-corrected chi connectivity index (χ3v) is 4.98. The number of ether oxygens (including phenoxy) is 2. The van der Waals surface area contributed by atoms with E-state index in [0.29, 0.717) is 12.4 Å². The van der Waals surface area contributed by atoms with Crippen molar-refractivity contribution in [2.75, 3.05) is 12.9 Å². The smallest absolute Gasteiger partial charge is 0.324 e. The first kappa shape index (κ1) is 15.9. The molecule has 0 amide bonds. The number of carbonyl (C=O) groups is 1. The van der Waals surface area contributed by atoms with Gasteiger partial charge in [-0.15, -0.1) is 11.8 Å². The molecule has 0 radical (unpaired) electrons. The van der Waals surface area contributed by atoms with E-state index in [-0.39, 0.29) is 17.4 Å². The molecule has 1 heterocycles. The van der Waals surface area contributed by atoms with Gasteiger partial charge in [-0.25, -0.2) is 0 Å². The highest BCUT2D eigenvalue weighted by Crippen LogP contribution is 2.33. The van der Waals surface area contributed by atoms with Gasteiger partial charge in [0.05, 0.1) is 12.5 Å². The van der Waals surface area contributed by atoms with Crippen molar-refractivity contribution in [1.29, 1.82) is 0 Å². The highest BCUT2D eigenvalue weighted by atomic mass is 32.2. The summed E-state index contributed by atoms with van der Waals surface area (Å²) in [5, 5.41) is 3.44. The number of thioether (sulfide) groups is 1. The van der Waals surface area contributed by atoms with Crippen LogP contribution in [0, 0.1) is 0 Å². The molecule has 0 spiro atoms. The lowest BCUT2D eigenvalue weighted by molar-refractivity contribution is -0.146. The summed E-state index contributed by atoms with van der Waals surface area (Å²) in [6.07, 6.45) is 0. The Labute approximate surface area is 140 Å². The Morgan fingerprint density at radius 1 is 1.17 bits per heavy atom. The summed E-state index contributed by atoms with van der Waals surface area (Å²) in [5.41, 5.74) is 2.13. The maximum atomic E-state index is 12.2. The van der Waals surface area contributed by atoms with E-state index in [4.69, 9.17) is 9.47 Å². The van der Waals surface area contributed by atoms with Crippen LogP contribution in [-0.2, 0) is 16.1 Å². The van der Waals surface area contributed by atoms with Gasteiger partial charge in [0.1, 0.15) is 18.4 Å². The molecule has 2 aromatic rings. The Morgan fingerprint density at radius 2 is 1.91 bits per heavy atom. The quantitative estimate of drug-likeness (QED) is 0.854. The minimum Gasteiger partial charge on any atom is -0.497 e. The highest BCUT2D eigenvalue weighted by molar-refractivity contribution is 7.99. The first-order valence-corrected chi connectivity index (χ1v) is 8.53. The van der Waals surface area contributed by atoms with Crippen molar-refractivity contribution in [1.82, 2.24) is 5.32 Å². The number of methoxy groups -OCH3 is 1. The standard InChI is InChI=1S/C18H19NO3S/c1-21-15-9-7-14(8-10-15)17-19-16(12-23-17)18(20)22-11-13-5-3-2-4-6-13/h2-10,16-17,19H,11-12H2,1H3. The molecule has 5 heteroatoms. The van der Waals surface area contributed by atoms with E-state index in [1.54, 1.807) is 18.9 Å². The SMILES string of the molecule is COc1ccc(C2NC(C(=O)OCc3ccccc3)CS2)cc1. The highest BCUT2D eigenvalue weighted by Gasteiger charge is 2.31. The van der Waals surface area contributed by atoms with Crippen LogP contribution in [0.3, 0.4) is 0 Å². The zero-order valence-corrected chi connectivity index (χ0v) is 13.7. The van der Waals surface area contributed by atoms with Crippen molar-refractivity contribution in [2.45, 2.75) is 18.0 Å². The fourth-order valence-corrected chi connectivity index (χ4v) is 3.64. The fraction of sp³-hybridized carbons (Fsp3) is 0.278. The summed E-state index contributed by atoms with van der Waals surface area (Å²) < 4.78 is 10.6. The third-order valence-electron chi connectivity index (χ3n) is 3.71. The van der Waals surface area contributed by atoms with Crippen molar-refractivity contribution in [2.24, 2.45) is 0 Å². The van der Waals surface area contributed by atoms with Crippen LogP contribution in [0.1, 0.15) is 16.5 Å². The lowest BCUT2D eigenvalue weighted by Gasteiger charge is -2.13. The molecule has 1 aliphatic rings. The number of hydrogen-bond acceptors (Lipinski definition) is 5. The Morgan fingerprint density at radius 3 is 2.61 bits per heavy atom. The van der Waals surface area contributed by atoms with Crippen LogP contribution in [-0.4, -0.2) is 24.9 Å². The number of esters is 1. The van der Waals surface area contributed by atoms with Crippen molar-refractivity contribution < 1.29 is 14.3 Å². The normalized spacial score (nSPS) is 20.2. The van der Waals surface area contributed by atoms with E-state index >= 15 is 0 Å². The Balaban J connectivity index is 1.53. The number of hydrogen-bond donors (Lipinski definition) is 1. The van der Waals surface area contributed by atoms with E-state index in [0.717, 1.165) is 16.9 Å². The van der Waals surface area contributed by atoms with Gasteiger partial charge in [-0.1, -0.05) is 42.5 Å². The predicted molar refractivity (Wildman–Crippen MR) is 91.4 cm³/mol. The molecule has 0 bridgehead atoms. The van der Waals surface area contributed by atoms with Gasteiger partial charge in [-0.3, -0.25) is 10.1 Å². The molecule has 1 aliphatic heterocycles. The van der Waals surface area contributed by atoms with Gasteiger partial charge in [0.15, 0.2) is 0 Å². The predicted octanol–water partition coefficient (Wildman–Crippen LogP) is 3.14. The van der Waals surface area contributed by atoms with E-state index in [9.17, 15) is 4.79 Å². The van der Waals surface area contributed by atoms with Gasteiger partial charge in [0.2, 0.25) is 0 Å². The van der Waals surface area contributed by atoms with Crippen molar-refractivity contribution >= 4 is 17.7 Å². The number of rotatable bonds is 5. The van der Waals surface area contributed by atoms with Crippen LogP contribution in [0.5, 0.6) is 5.75 Å². The molecule has 120 valence electrons. The number of carbonyl (C=O) groups excluding carboxylic acids is 1. The molecule has 0 aliphatic carbocycles. The summed E-state index contributed by atoms with van der Waals surface area (Å²) >= 11 is 1.71. The largest absolute Gasteiger partial charge is 0.497 e. The summed E-state index contributed by atoms with van der Waals surface area (Å²) in [6, 6.07) is 17.3. The van der Waals surface area contributed by atoms with Gasteiger partial charge >= 0.3 is 5.97 Å². The minimum atomic E-state index is -0.268. The molecular weight excluding hydrogens is 310 g/mol. The molecule has 2 unspecified atom stereocenters. The fourth-order valence-electron chi connectivity index (χ4n) is 2.41. The maximum absolute atomic E-state index is 12.2. The monoisotopic (exact) mass is 329 g/mol. The van der Waals surface area contributed by atoms with Crippen LogP contribution in [0.4, 0.5) is 0 Å². The zero-order chi connectivity index (χ0) is 16.1. The maximum Gasteiger partial charge on any atom is 0.324 e. The van der Waals surface area contributed by atoms with Gasteiger partial charge in [0, 0.05) is 5.75 Å². The molecule has 1 fully saturated rings. The van der Waals surface area contributed by atoms with Crippen LogP contribution in [0.25, 0.3) is 0 Å². The van der Waals surface area contributed by atoms with Crippen molar-refractivity contribution in [3.8, 4) is 5.75 Å². The van der Waals surface area contributed by atoms with E-state index in [1.165, 1.54) is 0 Å². The Bertz CT molecular complexity index is 645. The van der Waals surface area contributed by atoms with E-state index in [2.05, 4.69) is 5.32 Å². The molecule has 1 saturated heterocycles. The topological polar surface area (TPSA) is 47.6 Å². The van der Waals surface area contributed by atoms with Crippen molar-refractivity contribution in [3.63, 3.8) is 0 Å². The molecule has 4 nitrogen and oxygen atoms in total. The Hall–Kier alpha value is -1.98. The lowest BCUT2D eigenvalue weighted by atomic mass is 10.2. The minimum absolute atomic E-state index is 0.107. The molecule has 1 N–H and O–H groups in total. The molecule has 3 rings (SSSR count). The molecule has 0 saturated carbocycles. The van der Waals surface area contributed by atoms with Crippen LogP contribution >= 0.6 is 11.8 Å². The lowest BCUT2D eigenvalue weighted by Crippen LogP contribution is -2.35. The van der Waals surface area contributed by atoms with Gasteiger partial charge in [-0.05, 0) is 23.3 Å². The van der Waals surface area contributed by atoms with Crippen LogP contribution in [0.15, 0.2) is 54.6 Å². The second-order valence-corrected chi connectivity index (χ2v) is 6.44. The zero-order valence-electron chi connectivity index (χ0n) is 12.9. The second kappa shape index (κ2) is 7.53. The van der Waals surface area contributed by atoms with Crippen LogP contribution < -0.4 is 10.1 Å². The molecule has 2 atom stereocenters. The van der Waals surface area contributed by atoms with E-state index in [1.807, 2.05) is 54.6 Å². The van der Waals surface area contributed by atoms with Gasteiger partial charge in [-0.2, -0.15) is 0 Å². The Kier molecular flexibility index (Phi) is 5.20. The number of nitrogens with one attached hydrogen (secondary N) is 1. The summed E-state index contributed by atoms with van der Waals surface area (Å²) in [7, 11) is 1.65.